The molecule has 0 aromatic heterocycles. The SMILES string of the molecule is CCC1O[C@@H](O[C@H]2C(C)O[C@@H](O[C@H]3C(O)C(C)[C@@H](O[C@H]4C(C)C(C)[C@@H](O[C@H]5C(CC)O[C@@H](C)C(C)[C@H]5C)O[C@H]4C)O[C@@H]3CO)C(C)[C@H]2C)C(C)[C@@H](C)[C@H]1O[C@H]1O[C@H](CC)[C@@H](O[C@H]2O[C@H](CC)[C@@H](C)C(C)C2C)C(C)C1C.[Ac].[Ac]. The van der Waals surface area contributed by atoms with Gasteiger partial charge in [-0.3, -0.25) is 0 Å². The molecule has 0 spiro atoms. The van der Waals surface area contributed by atoms with Gasteiger partial charge in [0.2, 0.25) is 0 Å². The summed E-state index contributed by atoms with van der Waals surface area (Å²) in [7, 11) is 0. The van der Waals surface area contributed by atoms with Crippen LogP contribution in [0.1, 0.15) is 171 Å². The van der Waals surface area contributed by atoms with Crippen molar-refractivity contribution in [1.29, 1.82) is 0 Å². The van der Waals surface area contributed by atoms with Gasteiger partial charge < -0.3 is 71.8 Å². The third-order valence-corrected chi connectivity index (χ3v) is 21.4. The van der Waals surface area contributed by atoms with Crippen LogP contribution in [0.25, 0.3) is 0 Å². The normalized spacial score (nSPS) is 53.2. The van der Waals surface area contributed by atoms with E-state index in [1.807, 2.05) is 20.8 Å². The summed E-state index contributed by atoms with van der Waals surface area (Å²) in [5.41, 5.74) is 0. The van der Waals surface area contributed by atoms with Crippen LogP contribution in [0.5, 0.6) is 0 Å². The van der Waals surface area contributed by atoms with Gasteiger partial charge in [-0.05, 0) is 93.8 Å². The summed E-state index contributed by atoms with van der Waals surface area (Å²) >= 11 is 0. The predicted molar refractivity (Wildman–Crippen MR) is 289 cm³/mol. The second kappa shape index (κ2) is 31.0. The molecule has 0 aliphatic carbocycles. The molecule has 7 aliphatic rings. The molecule has 14 unspecified atom stereocenters. The van der Waals surface area contributed by atoms with Crippen molar-refractivity contribution < 1.29 is 160 Å². The molecule has 2 N–H and O–H groups in total. The van der Waals surface area contributed by atoms with Gasteiger partial charge in [-0.15, -0.1) is 0 Å². The van der Waals surface area contributed by atoms with Crippen molar-refractivity contribution in [3.8, 4) is 0 Å². The van der Waals surface area contributed by atoms with E-state index < -0.39 is 55.7 Å². The van der Waals surface area contributed by atoms with Gasteiger partial charge in [0, 0.05) is 124 Å². The second-order valence-electron chi connectivity index (χ2n) is 25.9. The Kier molecular flexibility index (Phi) is 28.2. The van der Waals surface area contributed by atoms with Crippen molar-refractivity contribution in [2.24, 2.45) is 82.9 Å². The Labute approximate surface area is 544 Å². The van der Waals surface area contributed by atoms with E-state index in [2.05, 4.69) is 125 Å². The zero-order valence-corrected chi connectivity index (χ0v) is 61.6. The number of aliphatic hydroxyl groups is 2. The van der Waals surface area contributed by atoms with Crippen LogP contribution in [0, 0.1) is 171 Å². The predicted octanol–water partition coefficient (Wildman–Crippen LogP) is 10.4. The molecule has 0 aromatic rings. The van der Waals surface area contributed by atoms with Crippen LogP contribution in [0.2, 0.25) is 0 Å². The molecule has 0 saturated carbocycles. The minimum Gasteiger partial charge on any atom is -0.394 e. The van der Waals surface area contributed by atoms with E-state index in [4.69, 9.17) is 61.6 Å². The van der Waals surface area contributed by atoms with Gasteiger partial charge in [0.1, 0.15) is 12.2 Å². The summed E-state index contributed by atoms with van der Waals surface area (Å²) in [6.07, 6.45) is -4.03. The van der Waals surface area contributed by atoms with Crippen molar-refractivity contribution in [3.05, 3.63) is 0 Å². The Balaban J connectivity index is 0.00000560. The van der Waals surface area contributed by atoms with Crippen LogP contribution in [0.15, 0.2) is 0 Å². The molecule has 7 rings (SSSR count). The Morgan fingerprint density at radius 1 is 0.269 bits per heavy atom. The molecule has 0 amide bonds. The van der Waals surface area contributed by atoms with Crippen molar-refractivity contribution >= 4 is 0 Å². The topological polar surface area (TPSA) is 160 Å². The first-order valence-electron chi connectivity index (χ1n) is 30.7. The van der Waals surface area contributed by atoms with Crippen LogP contribution in [0.4, 0.5) is 0 Å². The summed E-state index contributed by atoms with van der Waals surface area (Å²) in [6, 6.07) is 0. The molecule has 17 heteroatoms. The monoisotopic (exact) mass is 1540 g/mol. The van der Waals surface area contributed by atoms with E-state index in [0.29, 0.717) is 23.7 Å². The Bertz CT molecular complexity index is 1770. The Morgan fingerprint density at radius 2 is 0.551 bits per heavy atom. The second-order valence-corrected chi connectivity index (χ2v) is 25.9. The maximum atomic E-state index is 12.0. The average molecular weight is 1540 g/mol. The van der Waals surface area contributed by atoms with Gasteiger partial charge in [0.05, 0.1) is 86.0 Å². The number of rotatable bonds is 17. The number of aliphatic hydroxyl groups excluding tert-OH is 2. The number of hydrogen-bond acceptors (Lipinski definition) is 15. The van der Waals surface area contributed by atoms with E-state index in [0.717, 1.165) is 25.7 Å². The number of hydrogen-bond donors (Lipinski definition) is 2. The fraction of sp³-hybridized carbons (Fsp3) is 1.00. The zero-order chi connectivity index (χ0) is 55.9. The van der Waals surface area contributed by atoms with Crippen molar-refractivity contribution in [2.45, 2.75) is 300 Å². The van der Waals surface area contributed by atoms with E-state index in [1.165, 1.54) is 0 Å². The third kappa shape index (κ3) is 15.0. The van der Waals surface area contributed by atoms with E-state index in [1.54, 1.807) is 0 Å². The van der Waals surface area contributed by atoms with Crippen molar-refractivity contribution in [3.63, 3.8) is 0 Å². The third-order valence-electron chi connectivity index (χ3n) is 21.4. The first-order valence-corrected chi connectivity index (χ1v) is 30.7. The van der Waals surface area contributed by atoms with Gasteiger partial charge in [0.25, 0.3) is 0 Å². The summed E-state index contributed by atoms with van der Waals surface area (Å²) in [5, 5.41) is 22.8. The zero-order valence-electron chi connectivity index (χ0n) is 52.1. The maximum absolute atomic E-state index is 12.0. The minimum absolute atomic E-state index is 0. The summed E-state index contributed by atoms with van der Waals surface area (Å²) < 4.78 is 87.8. The van der Waals surface area contributed by atoms with Gasteiger partial charge in [-0.25, -0.2) is 0 Å². The van der Waals surface area contributed by atoms with Crippen molar-refractivity contribution in [1.82, 2.24) is 0 Å². The van der Waals surface area contributed by atoms with Crippen LogP contribution in [-0.4, -0.2) is 146 Å². The average Bonchev–Trinajstić information content (AvgIpc) is 3.40. The quantitative estimate of drug-likeness (QED) is 0.142. The number of ether oxygens (including phenoxy) is 13. The Hall–Kier alpha value is 2.28. The first-order chi connectivity index (χ1) is 35.9. The molecule has 7 saturated heterocycles. The smallest absolute Gasteiger partial charge is 0.163 e. The van der Waals surface area contributed by atoms with Crippen LogP contribution >= 0.6 is 0 Å². The van der Waals surface area contributed by atoms with E-state index in [-0.39, 0.29) is 228 Å². The van der Waals surface area contributed by atoms with Crippen molar-refractivity contribution in [2.75, 3.05) is 6.61 Å². The minimum atomic E-state index is -1.01. The summed E-state index contributed by atoms with van der Waals surface area (Å²) in [5.74, 6) is 1.78. The largest absolute Gasteiger partial charge is 0.394 e. The molecule has 78 heavy (non-hydrogen) atoms. The van der Waals surface area contributed by atoms with Gasteiger partial charge in [-0.1, -0.05) is 125 Å². The molecule has 2 radical (unpaired) electrons. The fourth-order valence-electron chi connectivity index (χ4n) is 14.1. The molecule has 15 nitrogen and oxygen atoms in total. The fourth-order valence-corrected chi connectivity index (χ4v) is 14.1. The Morgan fingerprint density at radius 3 is 0.936 bits per heavy atom. The van der Waals surface area contributed by atoms with Crippen LogP contribution in [0.3, 0.4) is 0 Å². The molecule has 7 aliphatic heterocycles. The molecule has 450 valence electrons. The molecular weight excluding hydrogens is 1430 g/mol. The van der Waals surface area contributed by atoms with Crippen LogP contribution in [-0.2, 0) is 61.6 Å². The maximum Gasteiger partial charge on any atom is 0.163 e. The molecule has 35 atom stereocenters. The standard InChI is InChI=1S/C61H110O15.2Ac/c1-22-44-29(7)27(5)35(13)58(67-44)74-53-34(12)39(17)60(69-47(53)25-4)75-54-33(11)38(16)59(68-46(54)24-3)71-50-32(10)37(15)57(66-42(50)20)76-55-48(26-62)70-61(40(18)49(55)63)72-51-31(9)36(14)56(65-43(51)21)73-52-30(8)28(6)41(19)64-45(52)23-2;;/h27-63H,22-26H2,1-21H3;;/t27?,28?,29-,30+,31?,32+,33+,34?,35?,36?,37?,38?,39?,40?,41-,42?,43-,44+,45?,46?,47+,48+,49?,50+,51-,52+,53-,54+,55+,56+,57-,58+,59-,60+,61+;;/m0../s1. The molecule has 0 bridgehead atoms. The van der Waals surface area contributed by atoms with Gasteiger partial charge in [0.15, 0.2) is 37.7 Å². The van der Waals surface area contributed by atoms with Gasteiger partial charge in [-0.2, -0.15) is 0 Å². The van der Waals surface area contributed by atoms with Crippen LogP contribution < -0.4 is 0 Å². The van der Waals surface area contributed by atoms with Gasteiger partial charge >= 0.3 is 0 Å². The summed E-state index contributed by atoms with van der Waals surface area (Å²) in [4.78, 5) is 0. The molecule has 0 aromatic carbocycles. The molecular formula is C61H110Ac2O15. The summed E-state index contributed by atoms with van der Waals surface area (Å²) in [6.45, 7) is 45.3. The molecule has 7 fully saturated rings. The van der Waals surface area contributed by atoms with E-state index >= 15 is 0 Å². The molecule has 7 heterocycles. The van der Waals surface area contributed by atoms with E-state index in [9.17, 15) is 10.2 Å². The first kappa shape index (κ1) is 71.0.